The number of urea groups is 1. The monoisotopic (exact) mass is 410 g/mol. The first-order valence-corrected chi connectivity index (χ1v) is 9.56. The van der Waals surface area contributed by atoms with Crippen LogP contribution in [0.15, 0.2) is 48.5 Å². The predicted molar refractivity (Wildman–Crippen MR) is 112 cm³/mol. The summed E-state index contributed by atoms with van der Waals surface area (Å²) in [6.07, 6.45) is 0. The van der Waals surface area contributed by atoms with Crippen molar-refractivity contribution in [1.29, 1.82) is 0 Å². The van der Waals surface area contributed by atoms with E-state index in [1.54, 1.807) is 57.5 Å². The van der Waals surface area contributed by atoms with Crippen LogP contribution in [0.5, 0.6) is 5.75 Å². The van der Waals surface area contributed by atoms with Gasteiger partial charge in [-0.2, -0.15) is 0 Å². The maximum absolute atomic E-state index is 13.1. The fourth-order valence-electron chi connectivity index (χ4n) is 3.46. The van der Waals surface area contributed by atoms with Crippen LogP contribution in [0.3, 0.4) is 0 Å². The first-order chi connectivity index (χ1) is 14.3. The first-order valence-electron chi connectivity index (χ1n) is 9.56. The molecule has 158 valence electrons. The van der Waals surface area contributed by atoms with Gasteiger partial charge in [-0.05, 0) is 49.4 Å². The largest absolute Gasteiger partial charge is 0.497 e. The Balaban J connectivity index is 1.69. The number of nitrogens with zero attached hydrogens (tertiary/aromatic N) is 2. The fraction of sp³-hybridized carbons (Fsp3) is 0.318. The average molecular weight is 410 g/mol. The van der Waals surface area contributed by atoms with Gasteiger partial charge in [0.25, 0.3) is 11.8 Å². The Labute approximate surface area is 175 Å². The average Bonchev–Trinajstić information content (AvgIpc) is 2.97. The minimum absolute atomic E-state index is 0.140. The zero-order chi connectivity index (χ0) is 21.9. The third kappa shape index (κ3) is 4.13. The van der Waals surface area contributed by atoms with Crippen LogP contribution in [0.1, 0.15) is 28.4 Å². The molecule has 0 unspecified atom stereocenters. The van der Waals surface area contributed by atoms with Crippen LogP contribution in [0, 0.1) is 0 Å². The van der Waals surface area contributed by atoms with Crippen LogP contribution in [-0.2, 0) is 16.9 Å². The van der Waals surface area contributed by atoms with Crippen molar-refractivity contribution >= 4 is 17.8 Å². The summed E-state index contributed by atoms with van der Waals surface area (Å²) in [6, 6.07) is 13.9. The lowest BCUT2D eigenvalue weighted by molar-refractivity contribution is -0.132. The molecule has 0 spiro atoms. The lowest BCUT2D eigenvalue weighted by Crippen LogP contribution is -2.42. The van der Waals surface area contributed by atoms with E-state index < -0.39 is 11.6 Å². The molecule has 0 radical (unpaired) electrons. The van der Waals surface area contributed by atoms with Crippen molar-refractivity contribution in [2.75, 3.05) is 27.9 Å². The Hall–Kier alpha value is -3.39. The highest BCUT2D eigenvalue weighted by atomic mass is 16.5. The normalized spacial score (nSPS) is 18.5. The number of carbonyl (C=O) groups excluding carboxylic acids is 3. The van der Waals surface area contributed by atoms with Gasteiger partial charge in [-0.25, -0.2) is 9.69 Å². The second kappa shape index (κ2) is 8.54. The second-order valence-electron chi connectivity index (χ2n) is 7.45. The van der Waals surface area contributed by atoms with E-state index in [0.717, 1.165) is 5.56 Å². The van der Waals surface area contributed by atoms with Gasteiger partial charge in [-0.15, -0.1) is 0 Å². The Kier molecular flexibility index (Phi) is 6.07. The van der Waals surface area contributed by atoms with Gasteiger partial charge < -0.3 is 15.4 Å². The topological polar surface area (TPSA) is 91.0 Å². The minimum Gasteiger partial charge on any atom is -0.497 e. The molecular weight excluding hydrogens is 384 g/mol. The van der Waals surface area contributed by atoms with E-state index in [4.69, 9.17) is 4.74 Å². The quantitative estimate of drug-likeness (QED) is 0.681. The minimum atomic E-state index is -1.15. The van der Waals surface area contributed by atoms with E-state index in [2.05, 4.69) is 10.6 Å². The zero-order valence-corrected chi connectivity index (χ0v) is 17.6. The number of methoxy groups -OCH3 is 1. The summed E-state index contributed by atoms with van der Waals surface area (Å²) in [6.45, 7) is 2.35. The van der Waals surface area contributed by atoms with Gasteiger partial charge in [0.1, 0.15) is 11.3 Å². The molecule has 2 N–H and O–H groups in total. The second-order valence-corrected chi connectivity index (χ2v) is 7.45. The van der Waals surface area contributed by atoms with Crippen molar-refractivity contribution in [1.82, 2.24) is 20.4 Å². The lowest BCUT2D eigenvalue weighted by Gasteiger charge is -2.25. The molecule has 0 saturated carbocycles. The summed E-state index contributed by atoms with van der Waals surface area (Å²) in [5, 5.41) is 5.39. The van der Waals surface area contributed by atoms with Gasteiger partial charge in [0.05, 0.1) is 13.8 Å². The molecule has 4 amide bonds. The van der Waals surface area contributed by atoms with E-state index in [0.29, 0.717) is 23.4 Å². The van der Waals surface area contributed by atoms with Crippen molar-refractivity contribution in [3.8, 4) is 5.75 Å². The summed E-state index contributed by atoms with van der Waals surface area (Å²) in [5.74, 6) is 0.153. The highest BCUT2D eigenvalue weighted by Gasteiger charge is 2.49. The Morgan fingerprint density at radius 1 is 1.20 bits per heavy atom. The molecular formula is C22H26N4O4. The van der Waals surface area contributed by atoms with Crippen molar-refractivity contribution in [3.63, 3.8) is 0 Å². The number of hydrogen-bond donors (Lipinski definition) is 2. The number of hydrogen-bond acceptors (Lipinski definition) is 5. The number of rotatable bonds is 7. The molecule has 0 aliphatic carbocycles. The van der Waals surface area contributed by atoms with Gasteiger partial charge in [-0.3, -0.25) is 14.5 Å². The van der Waals surface area contributed by atoms with Crippen molar-refractivity contribution in [2.45, 2.75) is 19.0 Å². The molecule has 1 aliphatic rings. The zero-order valence-electron chi connectivity index (χ0n) is 17.6. The number of nitrogens with one attached hydrogen (secondary N) is 2. The maximum Gasteiger partial charge on any atom is 0.326 e. The van der Waals surface area contributed by atoms with Crippen molar-refractivity contribution in [3.05, 3.63) is 65.2 Å². The molecule has 1 saturated heterocycles. The Morgan fingerprint density at radius 2 is 1.90 bits per heavy atom. The van der Waals surface area contributed by atoms with E-state index in [-0.39, 0.29) is 18.5 Å². The first kappa shape index (κ1) is 21.3. The standard InChI is InChI=1S/C22H26N4O4/c1-22(17-6-5-7-18(12-17)30-4)20(28)26(21(29)24-22)14-25(3)13-15-8-10-16(11-9-15)19(27)23-2/h5-12H,13-14H2,1-4H3,(H,23,27)(H,24,29)/t22-/m0/s1. The van der Waals surface area contributed by atoms with Gasteiger partial charge in [0.2, 0.25) is 0 Å². The molecule has 0 aromatic heterocycles. The summed E-state index contributed by atoms with van der Waals surface area (Å²) in [5.41, 5.74) is 1.05. The van der Waals surface area contributed by atoms with Gasteiger partial charge in [0, 0.05) is 19.2 Å². The highest BCUT2D eigenvalue weighted by molar-refractivity contribution is 6.07. The molecule has 1 atom stereocenters. The summed E-state index contributed by atoms with van der Waals surface area (Å²) in [4.78, 5) is 40.4. The molecule has 1 heterocycles. The van der Waals surface area contributed by atoms with Crippen LogP contribution >= 0.6 is 0 Å². The molecule has 8 nitrogen and oxygen atoms in total. The number of ether oxygens (including phenoxy) is 1. The van der Waals surface area contributed by atoms with E-state index in [1.807, 2.05) is 24.1 Å². The van der Waals surface area contributed by atoms with Crippen LogP contribution in [0.25, 0.3) is 0 Å². The third-order valence-electron chi connectivity index (χ3n) is 5.20. The SMILES string of the molecule is CNC(=O)c1ccc(CN(C)CN2C(=O)N[C@@](C)(c3cccc(OC)c3)C2=O)cc1. The molecule has 1 aliphatic heterocycles. The summed E-state index contributed by atoms with van der Waals surface area (Å²) < 4.78 is 5.24. The smallest absolute Gasteiger partial charge is 0.326 e. The van der Waals surface area contributed by atoms with Crippen LogP contribution in [0.2, 0.25) is 0 Å². The molecule has 2 aromatic rings. The Bertz CT molecular complexity index is 960. The summed E-state index contributed by atoms with van der Waals surface area (Å²) in [7, 11) is 4.97. The number of benzene rings is 2. The maximum atomic E-state index is 13.1. The molecule has 8 heteroatoms. The highest BCUT2D eigenvalue weighted by Crippen LogP contribution is 2.31. The van der Waals surface area contributed by atoms with Crippen LogP contribution < -0.4 is 15.4 Å². The van der Waals surface area contributed by atoms with Crippen LogP contribution in [-0.4, -0.2) is 55.5 Å². The van der Waals surface area contributed by atoms with E-state index in [9.17, 15) is 14.4 Å². The number of carbonyl (C=O) groups is 3. The fourth-order valence-corrected chi connectivity index (χ4v) is 3.46. The third-order valence-corrected chi connectivity index (χ3v) is 5.20. The van der Waals surface area contributed by atoms with E-state index >= 15 is 0 Å². The molecule has 3 rings (SSSR count). The molecule has 30 heavy (non-hydrogen) atoms. The lowest BCUT2D eigenvalue weighted by atomic mass is 9.92. The van der Waals surface area contributed by atoms with E-state index in [1.165, 1.54) is 4.90 Å². The number of amides is 4. The van der Waals surface area contributed by atoms with Gasteiger partial charge in [0.15, 0.2) is 0 Å². The number of imide groups is 1. The Morgan fingerprint density at radius 3 is 2.53 bits per heavy atom. The van der Waals surface area contributed by atoms with Crippen molar-refractivity contribution < 1.29 is 19.1 Å². The van der Waals surface area contributed by atoms with Crippen LogP contribution in [0.4, 0.5) is 4.79 Å². The van der Waals surface area contributed by atoms with Gasteiger partial charge in [-0.1, -0.05) is 24.3 Å². The van der Waals surface area contributed by atoms with Gasteiger partial charge >= 0.3 is 6.03 Å². The van der Waals surface area contributed by atoms with Crippen molar-refractivity contribution in [2.24, 2.45) is 0 Å². The summed E-state index contributed by atoms with van der Waals surface area (Å²) >= 11 is 0. The molecule has 1 fully saturated rings. The molecule has 2 aromatic carbocycles. The predicted octanol–water partition coefficient (Wildman–Crippen LogP) is 1.91. The molecule has 0 bridgehead atoms.